The molecule has 1 aliphatic rings. The first-order valence-electron chi connectivity index (χ1n) is 6.97. The average molecular weight is 295 g/mol. The molecule has 3 heterocycles. The molecule has 0 saturated heterocycles. The van der Waals surface area contributed by atoms with Crippen LogP contribution in [0.2, 0.25) is 0 Å². The number of nitrogens with zero attached hydrogens (tertiary/aromatic N) is 4. The van der Waals surface area contributed by atoms with Crippen LogP contribution in [0, 0.1) is 0 Å². The second kappa shape index (κ2) is 5.10. The van der Waals surface area contributed by atoms with Gasteiger partial charge in [-0.05, 0) is 6.07 Å². The normalized spacial score (nSPS) is 14.3. The fourth-order valence-corrected chi connectivity index (χ4v) is 2.57. The Labute approximate surface area is 125 Å². The molecular weight excluding hydrogens is 282 g/mol. The molecule has 1 N–H and O–H groups in total. The molecule has 0 spiro atoms. The fraction of sp³-hybridized carbons (Fsp3) is 0.200. The van der Waals surface area contributed by atoms with Crippen molar-refractivity contribution in [2.24, 2.45) is 0 Å². The summed E-state index contributed by atoms with van der Waals surface area (Å²) in [6.45, 7) is 1.30. The van der Waals surface area contributed by atoms with Crippen LogP contribution in [0.25, 0.3) is 10.9 Å². The number of amides is 1. The highest BCUT2D eigenvalue weighted by molar-refractivity contribution is 6.04. The van der Waals surface area contributed by atoms with Crippen LogP contribution in [0.15, 0.2) is 36.8 Å². The van der Waals surface area contributed by atoms with E-state index in [0.29, 0.717) is 31.3 Å². The van der Waals surface area contributed by atoms with E-state index in [-0.39, 0.29) is 5.91 Å². The number of carbonyl (C=O) groups is 1. The van der Waals surface area contributed by atoms with Gasteiger partial charge in [-0.3, -0.25) is 9.89 Å². The van der Waals surface area contributed by atoms with Crippen molar-refractivity contribution in [1.29, 1.82) is 0 Å². The Morgan fingerprint density at radius 1 is 1.32 bits per heavy atom. The van der Waals surface area contributed by atoms with Gasteiger partial charge in [0.05, 0.1) is 24.2 Å². The lowest BCUT2D eigenvalue weighted by Gasteiger charge is -2.18. The van der Waals surface area contributed by atoms with E-state index in [1.165, 1.54) is 6.33 Å². The molecule has 7 nitrogen and oxygen atoms in total. The maximum atomic E-state index is 12.8. The predicted molar refractivity (Wildman–Crippen MR) is 78.4 cm³/mol. The van der Waals surface area contributed by atoms with Crippen molar-refractivity contribution in [3.8, 4) is 5.88 Å². The van der Waals surface area contributed by atoms with E-state index in [0.717, 1.165) is 16.5 Å². The summed E-state index contributed by atoms with van der Waals surface area (Å²) in [5.41, 5.74) is 2.07. The van der Waals surface area contributed by atoms with Gasteiger partial charge in [0.25, 0.3) is 5.91 Å². The Morgan fingerprint density at radius 3 is 3.18 bits per heavy atom. The van der Waals surface area contributed by atoms with Crippen molar-refractivity contribution < 1.29 is 9.53 Å². The fourth-order valence-electron chi connectivity index (χ4n) is 2.57. The molecule has 0 unspecified atom stereocenters. The number of benzene rings is 1. The minimum atomic E-state index is -0.127. The molecule has 0 radical (unpaired) electrons. The number of ether oxygens (including phenoxy) is 1. The summed E-state index contributed by atoms with van der Waals surface area (Å²) >= 11 is 0. The number of nitrogens with one attached hydrogen (secondary N) is 1. The number of para-hydroxylation sites is 1. The number of hydrogen-bond acceptors (Lipinski definition) is 5. The van der Waals surface area contributed by atoms with Crippen LogP contribution in [0.4, 0.5) is 0 Å². The van der Waals surface area contributed by atoms with Crippen LogP contribution in [0.3, 0.4) is 0 Å². The smallest absolute Gasteiger partial charge is 0.275 e. The Morgan fingerprint density at radius 2 is 2.23 bits per heavy atom. The van der Waals surface area contributed by atoms with Crippen LogP contribution >= 0.6 is 0 Å². The molecule has 22 heavy (non-hydrogen) atoms. The monoisotopic (exact) mass is 295 g/mol. The van der Waals surface area contributed by atoms with E-state index < -0.39 is 0 Å². The molecule has 0 fully saturated rings. The van der Waals surface area contributed by atoms with Gasteiger partial charge < -0.3 is 9.64 Å². The number of rotatable bonds is 1. The third-order valence-corrected chi connectivity index (χ3v) is 3.67. The van der Waals surface area contributed by atoms with Crippen molar-refractivity contribution in [3.63, 3.8) is 0 Å². The lowest BCUT2D eigenvalue weighted by molar-refractivity contribution is 0.0729. The Kier molecular flexibility index (Phi) is 2.96. The van der Waals surface area contributed by atoms with E-state index in [4.69, 9.17) is 4.74 Å². The minimum absolute atomic E-state index is 0.127. The number of H-pyrrole nitrogens is 1. The Bertz CT molecular complexity index is 845. The van der Waals surface area contributed by atoms with Gasteiger partial charge in [0, 0.05) is 11.6 Å². The van der Waals surface area contributed by atoms with E-state index in [9.17, 15) is 4.79 Å². The molecule has 2 aromatic heterocycles. The van der Waals surface area contributed by atoms with Crippen molar-refractivity contribution in [1.82, 2.24) is 25.1 Å². The van der Waals surface area contributed by atoms with E-state index in [1.807, 2.05) is 24.3 Å². The molecule has 1 amide bonds. The van der Waals surface area contributed by atoms with Crippen molar-refractivity contribution in [2.75, 3.05) is 13.2 Å². The van der Waals surface area contributed by atoms with Gasteiger partial charge in [-0.2, -0.15) is 5.10 Å². The summed E-state index contributed by atoms with van der Waals surface area (Å²) in [5.74, 6) is 0.412. The van der Waals surface area contributed by atoms with E-state index >= 15 is 0 Å². The highest BCUT2D eigenvalue weighted by atomic mass is 16.5. The average Bonchev–Trinajstić information content (AvgIpc) is 2.86. The molecular formula is C15H13N5O2. The minimum Gasteiger partial charge on any atom is -0.475 e. The van der Waals surface area contributed by atoms with E-state index in [1.54, 1.807) is 11.1 Å². The Hall–Kier alpha value is -2.96. The molecule has 3 aromatic rings. The molecule has 4 rings (SSSR count). The number of carbonyl (C=O) groups excluding carboxylic acids is 1. The van der Waals surface area contributed by atoms with E-state index in [2.05, 4.69) is 20.2 Å². The molecule has 0 atom stereocenters. The number of aromatic nitrogens is 4. The standard InChI is InChI=1S/C15H13N5O2/c21-15(13-11-3-1-2-4-12(11)18-19-13)20-5-6-22-14-10(8-20)7-16-9-17-14/h1-4,7,9H,5-6,8H2,(H,18,19). The summed E-state index contributed by atoms with van der Waals surface area (Å²) in [6.07, 6.45) is 3.12. The lowest BCUT2D eigenvalue weighted by atomic mass is 10.2. The van der Waals surface area contributed by atoms with Gasteiger partial charge in [0.1, 0.15) is 12.9 Å². The summed E-state index contributed by atoms with van der Waals surface area (Å²) in [4.78, 5) is 22.6. The van der Waals surface area contributed by atoms with Gasteiger partial charge >= 0.3 is 0 Å². The highest BCUT2D eigenvalue weighted by Crippen LogP contribution is 2.22. The third-order valence-electron chi connectivity index (χ3n) is 3.67. The first-order valence-corrected chi connectivity index (χ1v) is 6.97. The molecule has 0 aliphatic carbocycles. The topological polar surface area (TPSA) is 84.0 Å². The maximum Gasteiger partial charge on any atom is 0.275 e. The predicted octanol–water partition coefficient (Wildman–Crippen LogP) is 1.39. The van der Waals surface area contributed by atoms with Gasteiger partial charge in [-0.1, -0.05) is 18.2 Å². The number of hydrogen-bond donors (Lipinski definition) is 1. The second-order valence-corrected chi connectivity index (χ2v) is 5.05. The van der Waals surface area contributed by atoms with Crippen molar-refractivity contribution in [2.45, 2.75) is 6.54 Å². The van der Waals surface area contributed by atoms with Gasteiger partial charge in [-0.25, -0.2) is 9.97 Å². The molecule has 7 heteroatoms. The quantitative estimate of drug-likeness (QED) is 0.733. The first kappa shape index (κ1) is 12.8. The molecule has 1 aromatic carbocycles. The second-order valence-electron chi connectivity index (χ2n) is 5.05. The summed E-state index contributed by atoms with van der Waals surface area (Å²) in [7, 11) is 0. The zero-order chi connectivity index (χ0) is 14.9. The van der Waals surface area contributed by atoms with Crippen LogP contribution in [-0.2, 0) is 6.54 Å². The van der Waals surface area contributed by atoms with Gasteiger partial charge in [0.15, 0.2) is 5.69 Å². The van der Waals surface area contributed by atoms with Gasteiger partial charge in [-0.15, -0.1) is 0 Å². The third kappa shape index (κ3) is 2.07. The zero-order valence-electron chi connectivity index (χ0n) is 11.7. The molecule has 0 saturated carbocycles. The largest absolute Gasteiger partial charge is 0.475 e. The summed E-state index contributed by atoms with van der Waals surface area (Å²) < 4.78 is 5.56. The van der Waals surface area contributed by atoms with Crippen LogP contribution in [0.5, 0.6) is 5.88 Å². The molecule has 1 aliphatic heterocycles. The summed E-state index contributed by atoms with van der Waals surface area (Å²) in [5, 5.41) is 7.88. The van der Waals surface area contributed by atoms with Crippen LogP contribution in [0.1, 0.15) is 16.1 Å². The lowest BCUT2D eigenvalue weighted by Crippen LogP contribution is -2.32. The van der Waals surface area contributed by atoms with Crippen LogP contribution < -0.4 is 4.74 Å². The van der Waals surface area contributed by atoms with Gasteiger partial charge in [0.2, 0.25) is 5.88 Å². The SMILES string of the molecule is O=C(c1n[nH]c2ccccc12)N1CCOc2ncncc2C1. The summed E-state index contributed by atoms with van der Waals surface area (Å²) in [6, 6.07) is 7.58. The first-order chi connectivity index (χ1) is 10.8. The molecule has 0 bridgehead atoms. The highest BCUT2D eigenvalue weighted by Gasteiger charge is 2.24. The van der Waals surface area contributed by atoms with Crippen LogP contribution in [-0.4, -0.2) is 44.1 Å². The maximum absolute atomic E-state index is 12.8. The number of aromatic amines is 1. The molecule has 110 valence electrons. The van der Waals surface area contributed by atoms with Crippen molar-refractivity contribution in [3.05, 3.63) is 48.0 Å². The van der Waals surface area contributed by atoms with Crippen molar-refractivity contribution >= 4 is 16.8 Å². The zero-order valence-corrected chi connectivity index (χ0v) is 11.7. The Balaban J connectivity index is 1.68. The number of fused-ring (bicyclic) bond motifs is 2.